The molecule has 14 heavy (non-hydrogen) atoms. The molecule has 0 N–H and O–H groups in total. The van der Waals surface area contributed by atoms with Crippen LogP contribution in [0, 0.1) is 0 Å². The summed E-state index contributed by atoms with van der Waals surface area (Å²) in [5.74, 6) is -0.245. The molecule has 0 aromatic rings. The van der Waals surface area contributed by atoms with Gasteiger partial charge >= 0.3 is 5.97 Å². The summed E-state index contributed by atoms with van der Waals surface area (Å²) < 4.78 is 5.03. The van der Waals surface area contributed by atoms with Crippen LogP contribution in [-0.2, 0) is 9.53 Å². The third kappa shape index (κ3) is 3.37. The van der Waals surface area contributed by atoms with Crippen LogP contribution in [0.15, 0.2) is 11.6 Å². The lowest BCUT2D eigenvalue weighted by atomic mass is 10.0. The second-order valence-corrected chi connectivity index (χ2v) is 6.12. The Kier molecular flexibility index (Phi) is 3.65. The highest BCUT2D eigenvalue weighted by molar-refractivity contribution is 8.08. The Morgan fingerprint density at radius 3 is 2.57 bits per heavy atom. The van der Waals surface area contributed by atoms with Crippen LogP contribution in [0.3, 0.4) is 0 Å². The highest BCUT2D eigenvalue weighted by atomic mass is 32.2. The Morgan fingerprint density at radius 1 is 1.57 bits per heavy atom. The van der Waals surface area contributed by atoms with Crippen molar-refractivity contribution in [3.05, 3.63) is 11.6 Å². The predicted octanol–water partition coefficient (Wildman–Crippen LogP) is 2.78. The Morgan fingerprint density at radius 2 is 2.14 bits per heavy atom. The fourth-order valence-electron chi connectivity index (χ4n) is 1.43. The molecule has 1 aliphatic heterocycles. The van der Waals surface area contributed by atoms with Crippen molar-refractivity contribution in [3.63, 3.8) is 0 Å². The number of methoxy groups -OCH3 is 1. The van der Waals surface area contributed by atoms with Crippen molar-refractivity contribution in [1.82, 2.24) is 0 Å². The van der Waals surface area contributed by atoms with E-state index in [0.29, 0.717) is 4.75 Å². The van der Waals surface area contributed by atoms with Crippen molar-refractivity contribution >= 4 is 17.7 Å². The van der Waals surface area contributed by atoms with Crippen LogP contribution in [0.4, 0.5) is 0 Å². The Hall–Kier alpha value is -0.440. The number of allylic oxidation sites excluding steroid dienone is 1. The summed E-state index contributed by atoms with van der Waals surface area (Å²) in [6.45, 7) is 6.51. The maximum absolute atomic E-state index is 10.9. The van der Waals surface area contributed by atoms with E-state index in [1.54, 1.807) is 6.08 Å². The SMILES string of the molecule is COC(=O)/C=C(\C)CCC1SC1(C)C. The smallest absolute Gasteiger partial charge is 0.330 e. The van der Waals surface area contributed by atoms with E-state index in [0.717, 1.165) is 23.7 Å². The van der Waals surface area contributed by atoms with Gasteiger partial charge in [0.05, 0.1) is 7.11 Å². The first kappa shape index (κ1) is 11.6. The van der Waals surface area contributed by atoms with Crippen molar-refractivity contribution < 1.29 is 9.53 Å². The molecule has 0 aromatic heterocycles. The van der Waals surface area contributed by atoms with Gasteiger partial charge in [-0.25, -0.2) is 4.79 Å². The molecule has 1 fully saturated rings. The minimum Gasteiger partial charge on any atom is -0.466 e. The van der Waals surface area contributed by atoms with Gasteiger partial charge in [0.15, 0.2) is 0 Å². The number of thioether (sulfide) groups is 1. The standard InChI is InChI=1S/C11H18O2S/c1-8(7-10(12)13-4)5-6-9-11(2,3)14-9/h7,9H,5-6H2,1-4H3/b8-7+. The average Bonchev–Trinajstić information content (AvgIpc) is 2.70. The summed E-state index contributed by atoms with van der Waals surface area (Å²) in [4.78, 5) is 10.9. The lowest BCUT2D eigenvalue weighted by Gasteiger charge is -2.01. The fraction of sp³-hybridized carbons (Fsp3) is 0.727. The quantitative estimate of drug-likeness (QED) is 0.409. The van der Waals surface area contributed by atoms with E-state index in [4.69, 9.17) is 0 Å². The Labute approximate surface area is 90.1 Å². The number of carbonyl (C=O) groups is 1. The predicted molar refractivity (Wildman–Crippen MR) is 60.5 cm³/mol. The zero-order chi connectivity index (χ0) is 10.8. The van der Waals surface area contributed by atoms with E-state index >= 15 is 0 Å². The molecular weight excluding hydrogens is 196 g/mol. The van der Waals surface area contributed by atoms with E-state index in [9.17, 15) is 4.79 Å². The summed E-state index contributed by atoms with van der Waals surface area (Å²) in [5, 5.41) is 0.767. The maximum Gasteiger partial charge on any atom is 0.330 e. The summed E-state index contributed by atoms with van der Waals surface area (Å²) >= 11 is 2.02. The van der Waals surface area contributed by atoms with Crippen molar-refractivity contribution in [2.24, 2.45) is 0 Å². The molecule has 3 heteroatoms. The second-order valence-electron chi connectivity index (χ2n) is 4.26. The van der Waals surface area contributed by atoms with Crippen LogP contribution in [0.2, 0.25) is 0 Å². The van der Waals surface area contributed by atoms with Gasteiger partial charge in [0.25, 0.3) is 0 Å². The number of ether oxygens (including phenoxy) is 1. The van der Waals surface area contributed by atoms with Gasteiger partial charge < -0.3 is 4.74 Å². The lowest BCUT2D eigenvalue weighted by molar-refractivity contribution is -0.134. The molecule has 0 spiro atoms. The Balaban J connectivity index is 2.25. The number of carbonyl (C=O) groups excluding carboxylic acids is 1. The first-order valence-corrected chi connectivity index (χ1v) is 5.76. The molecule has 0 saturated carbocycles. The van der Waals surface area contributed by atoms with Crippen LogP contribution in [0.25, 0.3) is 0 Å². The normalized spacial score (nSPS) is 24.6. The molecule has 0 aliphatic carbocycles. The molecule has 80 valence electrons. The zero-order valence-electron chi connectivity index (χ0n) is 9.29. The number of rotatable bonds is 4. The molecule has 0 aromatic carbocycles. The van der Waals surface area contributed by atoms with E-state index < -0.39 is 0 Å². The molecule has 1 rings (SSSR count). The highest BCUT2D eigenvalue weighted by Gasteiger charge is 2.45. The first-order valence-electron chi connectivity index (χ1n) is 4.88. The number of esters is 1. The third-order valence-corrected chi connectivity index (χ3v) is 4.28. The molecular formula is C11H18O2S. The van der Waals surface area contributed by atoms with Gasteiger partial charge in [0, 0.05) is 16.1 Å². The van der Waals surface area contributed by atoms with Gasteiger partial charge in [-0.2, -0.15) is 0 Å². The Bertz CT molecular complexity index is 256. The minimum atomic E-state index is -0.245. The van der Waals surface area contributed by atoms with Crippen LogP contribution in [0.1, 0.15) is 33.6 Å². The topological polar surface area (TPSA) is 26.3 Å². The zero-order valence-corrected chi connectivity index (χ0v) is 10.1. The maximum atomic E-state index is 10.9. The van der Waals surface area contributed by atoms with Gasteiger partial charge in [0.1, 0.15) is 0 Å². The largest absolute Gasteiger partial charge is 0.466 e. The van der Waals surface area contributed by atoms with Gasteiger partial charge in [-0.15, -0.1) is 11.8 Å². The highest BCUT2D eigenvalue weighted by Crippen LogP contribution is 2.55. The van der Waals surface area contributed by atoms with Crippen LogP contribution < -0.4 is 0 Å². The van der Waals surface area contributed by atoms with Gasteiger partial charge in [-0.05, 0) is 33.6 Å². The van der Waals surface area contributed by atoms with Crippen LogP contribution >= 0.6 is 11.8 Å². The van der Waals surface area contributed by atoms with Gasteiger partial charge in [-0.3, -0.25) is 0 Å². The fourth-order valence-corrected chi connectivity index (χ4v) is 2.45. The molecule has 0 radical (unpaired) electrons. The first-order chi connectivity index (χ1) is 6.45. The summed E-state index contributed by atoms with van der Waals surface area (Å²) in [6.07, 6.45) is 3.74. The molecule has 0 amide bonds. The van der Waals surface area contributed by atoms with Crippen molar-refractivity contribution in [1.29, 1.82) is 0 Å². The minimum absolute atomic E-state index is 0.245. The molecule has 1 atom stereocenters. The second kappa shape index (κ2) is 4.39. The number of hydrogen-bond donors (Lipinski definition) is 0. The van der Waals surface area contributed by atoms with E-state index in [2.05, 4.69) is 18.6 Å². The summed E-state index contributed by atoms with van der Waals surface area (Å²) in [5.41, 5.74) is 1.11. The van der Waals surface area contributed by atoms with Gasteiger partial charge in [-0.1, -0.05) is 5.57 Å². The molecule has 2 nitrogen and oxygen atoms in total. The van der Waals surface area contributed by atoms with Crippen molar-refractivity contribution in [2.45, 2.75) is 43.6 Å². The van der Waals surface area contributed by atoms with E-state index in [-0.39, 0.29) is 5.97 Å². The molecule has 1 aliphatic rings. The van der Waals surface area contributed by atoms with Crippen LogP contribution in [0.5, 0.6) is 0 Å². The number of hydrogen-bond acceptors (Lipinski definition) is 3. The van der Waals surface area contributed by atoms with E-state index in [1.807, 2.05) is 18.7 Å². The molecule has 1 unspecified atom stereocenters. The van der Waals surface area contributed by atoms with Crippen molar-refractivity contribution in [3.8, 4) is 0 Å². The van der Waals surface area contributed by atoms with Crippen molar-refractivity contribution in [2.75, 3.05) is 7.11 Å². The summed E-state index contributed by atoms with van der Waals surface area (Å²) in [7, 11) is 1.41. The van der Waals surface area contributed by atoms with Gasteiger partial charge in [0.2, 0.25) is 0 Å². The third-order valence-electron chi connectivity index (χ3n) is 2.53. The molecule has 1 heterocycles. The van der Waals surface area contributed by atoms with E-state index in [1.165, 1.54) is 7.11 Å². The molecule has 1 saturated heterocycles. The van der Waals surface area contributed by atoms with Crippen LogP contribution in [-0.4, -0.2) is 23.1 Å². The summed E-state index contributed by atoms with van der Waals surface area (Å²) in [6, 6.07) is 0. The monoisotopic (exact) mass is 214 g/mol. The molecule has 0 bridgehead atoms. The average molecular weight is 214 g/mol. The lowest BCUT2D eigenvalue weighted by Crippen LogP contribution is -2.03.